The summed E-state index contributed by atoms with van der Waals surface area (Å²) in [5, 5.41) is 31.7. The van der Waals surface area contributed by atoms with Crippen LogP contribution < -0.4 is 10.6 Å². The zero-order valence-electron chi connectivity index (χ0n) is 20.9. The van der Waals surface area contributed by atoms with Crippen LogP contribution in [-0.2, 0) is 0 Å². The Kier molecular flexibility index (Phi) is 7.34. The SMILES string of the molecule is Cc1ccc(C(=O)c2nn(-c3ccc(Cl)cc3)c(NCCCNC(=O)c3ccc4n[nH]nc4c3)c2C#N)cc1. The van der Waals surface area contributed by atoms with Crippen molar-refractivity contribution in [1.82, 2.24) is 30.5 Å². The molecule has 0 radical (unpaired) electrons. The molecule has 1 amide bonds. The summed E-state index contributed by atoms with van der Waals surface area (Å²) >= 11 is 6.06. The number of carbonyl (C=O) groups excluding carboxylic acids is 2. The second-order valence-corrected chi connectivity index (χ2v) is 9.27. The fourth-order valence-electron chi connectivity index (χ4n) is 4.04. The van der Waals surface area contributed by atoms with Gasteiger partial charge in [-0.25, -0.2) is 4.68 Å². The lowest BCUT2D eigenvalue weighted by Crippen LogP contribution is -2.26. The van der Waals surface area contributed by atoms with Crippen LogP contribution in [0.3, 0.4) is 0 Å². The van der Waals surface area contributed by atoms with Crippen molar-refractivity contribution in [3.8, 4) is 11.8 Å². The Balaban J connectivity index is 1.32. The number of halogens is 1. The van der Waals surface area contributed by atoms with Gasteiger partial charge in [-0.15, -0.1) is 0 Å². The molecule has 5 rings (SSSR count). The summed E-state index contributed by atoms with van der Waals surface area (Å²) in [7, 11) is 0. The Labute approximate surface area is 228 Å². The quantitative estimate of drug-likeness (QED) is 0.186. The number of amides is 1. The number of ketones is 1. The summed E-state index contributed by atoms with van der Waals surface area (Å²) in [6.45, 7) is 2.73. The molecule has 0 saturated heterocycles. The highest BCUT2D eigenvalue weighted by Crippen LogP contribution is 2.26. The predicted octanol–water partition coefficient (Wildman–Crippen LogP) is 4.44. The molecular weight excluding hydrogens is 516 g/mol. The Bertz CT molecular complexity index is 1700. The number of nitrogens with one attached hydrogen (secondary N) is 3. The summed E-state index contributed by atoms with van der Waals surface area (Å²) in [6.07, 6.45) is 0.551. The van der Waals surface area contributed by atoms with Gasteiger partial charge in [-0.2, -0.15) is 25.8 Å². The van der Waals surface area contributed by atoms with Gasteiger partial charge in [0.25, 0.3) is 5.91 Å². The number of fused-ring (bicyclic) bond motifs is 1. The van der Waals surface area contributed by atoms with E-state index < -0.39 is 0 Å². The molecule has 0 spiro atoms. The molecule has 3 aromatic carbocycles. The summed E-state index contributed by atoms with van der Waals surface area (Å²) in [5.41, 5.74) is 4.06. The van der Waals surface area contributed by atoms with Gasteiger partial charge in [0, 0.05) is 29.2 Å². The number of aromatic nitrogens is 5. The molecule has 0 unspecified atom stereocenters. The molecule has 0 bridgehead atoms. The molecular formula is C28H23ClN8O2. The van der Waals surface area contributed by atoms with E-state index in [2.05, 4.69) is 37.2 Å². The van der Waals surface area contributed by atoms with Crippen LogP contribution in [0.2, 0.25) is 5.02 Å². The monoisotopic (exact) mass is 538 g/mol. The van der Waals surface area contributed by atoms with E-state index in [1.807, 2.05) is 19.1 Å². The van der Waals surface area contributed by atoms with E-state index in [4.69, 9.17) is 11.6 Å². The fraction of sp³-hybridized carbons (Fsp3) is 0.143. The van der Waals surface area contributed by atoms with E-state index in [0.717, 1.165) is 5.56 Å². The number of carbonyl (C=O) groups is 2. The van der Waals surface area contributed by atoms with E-state index in [1.54, 1.807) is 54.6 Å². The maximum Gasteiger partial charge on any atom is 0.251 e. The van der Waals surface area contributed by atoms with Crippen molar-refractivity contribution < 1.29 is 9.59 Å². The summed E-state index contributed by atoms with van der Waals surface area (Å²) in [4.78, 5) is 25.9. The van der Waals surface area contributed by atoms with Gasteiger partial charge >= 0.3 is 0 Å². The maximum atomic E-state index is 13.3. The third-order valence-corrected chi connectivity index (χ3v) is 6.36. The minimum Gasteiger partial charge on any atom is -0.369 e. The molecule has 0 atom stereocenters. The molecule has 39 heavy (non-hydrogen) atoms. The Morgan fingerprint density at radius 3 is 2.44 bits per heavy atom. The van der Waals surface area contributed by atoms with Gasteiger partial charge in [0.15, 0.2) is 5.69 Å². The van der Waals surface area contributed by atoms with Gasteiger partial charge in [-0.3, -0.25) is 9.59 Å². The Morgan fingerprint density at radius 1 is 0.974 bits per heavy atom. The third kappa shape index (κ3) is 5.49. The lowest BCUT2D eigenvalue weighted by atomic mass is 10.0. The summed E-state index contributed by atoms with van der Waals surface area (Å²) < 4.78 is 1.53. The van der Waals surface area contributed by atoms with Crippen molar-refractivity contribution in [1.29, 1.82) is 5.26 Å². The van der Waals surface area contributed by atoms with Crippen LogP contribution in [0.25, 0.3) is 16.7 Å². The first-order valence-electron chi connectivity index (χ1n) is 12.2. The van der Waals surface area contributed by atoms with E-state index in [9.17, 15) is 14.9 Å². The third-order valence-electron chi connectivity index (χ3n) is 6.11. The van der Waals surface area contributed by atoms with Gasteiger partial charge < -0.3 is 10.6 Å². The van der Waals surface area contributed by atoms with Crippen molar-refractivity contribution in [3.63, 3.8) is 0 Å². The van der Waals surface area contributed by atoms with Gasteiger partial charge in [-0.05, 0) is 55.8 Å². The summed E-state index contributed by atoms with van der Waals surface area (Å²) in [5.74, 6) is -0.188. The molecule has 0 fully saturated rings. The summed E-state index contributed by atoms with van der Waals surface area (Å²) in [6, 6.07) is 21.3. The van der Waals surface area contributed by atoms with Gasteiger partial charge in [0.05, 0.1) is 5.69 Å². The number of benzene rings is 3. The fourth-order valence-corrected chi connectivity index (χ4v) is 4.16. The number of aryl methyl sites for hydroxylation is 1. The standard InChI is InChI=1S/C28H23ClN8O2/c1-17-3-5-18(6-4-17)26(38)25-22(16-30)27(37(35-25)21-10-8-20(29)9-11-21)31-13-2-14-32-28(39)19-7-12-23-24(15-19)34-36-33-23/h3-12,15,31H,2,13-14H2,1H3,(H,32,39)(H,33,34,36). The molecule has 0 aliphatic rings. The number of hydrogen-bond donors (Lipinski definition) is 3. The smallest absolute Gasteiger partial charge is 0.251 e. The highest BCUT2D eigenvalue weighted by atomic mass is 35.5. The minimum absolute atomic E-state index is 0.0513. The number of aromatic amines is 1. The minimum atomic E-state index is -0.348. The zero-order chi connectivity index (χ0) is 27.4. The van der Waals surface area contributed by atoms with Crippen molar-refractivity contribution in [2.24, 2.45) is 0 Å². The zero-order valence-corrected chi connectivity index (χ0v) is 21.7. The number of nitriles is 1. The lowest BCUT2D eigenvalue weighted by Gasteiger charge is -2.11. The molecule has 3 N–H and O–H groups in total. The van der Waals surface area contributed by atoms with Crippen LogP contribution in [0.1, 0.15) is 44.0 Å². The number of nitrogens with zero attached hydrogens (tertiary/aromatic N) is 5. The molecule has 194 valence electrons. The predicted molar refractivity (Wildman–Crippen MR) is 147 cm³/mol. The molecule has 2 heterocycles. The lowest BCUT2D eigenvalue weighted by molar-refractivity contribution is 0.0953. The maximum absolute atomic E-state index is 13.3. The number of anilines is 1. The normalized spacial score (nSPS) is 10.8. The number of H-pyrrole nitrogens is 1. The first-order valence-corrected chi connectivity index (χ1v) is 12.6. The van der Waals surface area contributed by atoms with Crippen LogP contribution >= 0.6 is 11.6 Å². The Morgan fingerprint density at radius 2 is 1.69 bits per heavy atom. The highest BCUT2D eigenvalue weighted by molar-refractivity contribution is 6.30. The van der Waals surface area contributed by atoms with Crippen LogP contribution in [0.5, 0.6) is 0 Å². The van der Waals surface area contributed by atoms with Crippen LogP contribution in [-0.4, -0.2) is 50.0 Å². The Hall–Kier alpha value is -5.01. The second kappa shape index (κ2) is 11.2. The topological polar surface area (TPSA) is 141 Å². The van der Waals surface area contributed by atoms with Gasteiger partial charge in [0.1, 0.15) is 28.5 Å². The number of rotatable bonds is 9. The molecule has 0 aliphatic heterocycles. The molecule has 2 aromatic heterocycles. The van der Waals surface area contributed by atoms with Crippen LogP contribution in [0.4, 0.5) is 5.82 Å². The first kappa shape index (κ1) is 25.6. The average molecular weight is 539 g/mol. The van der Waals surface area contributed by atoms with Crippen molar-refractivity contribution in [2.45, 2.75) is 13.3 Å². The highest BCUT2D eigenvalue weighted by Gasteiger charge is 2.25. The van der Waals surface area contributed by atoms with E-state index in [-0.39, 0.29) is 22.9 Å². The molecule has 0 saturated carbocycles. The van der Waals surface area contributed by atoms with Crippen molar-refractivity contribution in [3.05, 3.63) is 99.7 Å². The molecule has 0 aliphatic carbocycles. The molecule has 5 aromatic rings. The average Bonchev–Trinajstić information content (AvgIpc) is 3.57. The first-order chi connectivity index (χ1) is 18.9. The van der Waals surface area contributed by atoms with E-state index >= 15 is 0 Å². The van der Waals surface area contributed by atoms with E-state index in [0.29, 0.717) is 58.2 Å². The molecule has 11 heteroatoms. The molecule has 10 nitrogen and oxygen atoms in total. The van der Waals surface area contributed by atoms with Gasteiger partial charge in [-0.1, -0.05) is 41.4 Å². The van der Waals surface area contributed by atoms with E-state index in [1.165, 1.54) is 4.68 Å². The number of hydrogen-bond acceptors (Lipinski definition) is 7. The van der Waals surface area contributed by atoms with Gasteiger partial charge in [0.2, 0.25) is 5.78 Å². The largest absolute Gasteiger partial charge is 0.369 e. The second-order valence-electron chi connectivity index (χ2n) is 8.83. The van der Waals surface area contributed by atoms with Crippen LogP contribution in [0.15, 0.2) is 66.7 Å². The van der Waals surface area contributed by atoms with Crippen LogP contribution in [0, 0.1) is 18.3 Å². The van der Waals surface area contributed by atoms with Crippen molar-refractivity contribution in [2.75, 3.05) is 18.4 Å². The van der Waals surface area contributed by atoms with Crippen molar-refractivity contribution >= 4 is 40.1 Å².